The Morgan fingerprint density at radius 1 is 0.913 bits per heavy atom. The van der Waals surface area contributed by atoms with E-state index in [1.807, 2.05) is 0 Å². The van der Waals surface area contributed by atoms with Crippen LogP contribution in [-0.2, 0) is 0 Å². The van der Waals surface area contributed by atoms with Crippen LogP contribution in [0.1, 0.15) is 5.56 Å². The van der Waals surface area contributed by atoms with Gasteiger partial charge in [-0.05, 0) is 36.4 Å². The lowest BCUT2D eigenvalue weighted by Gasteiger charge is -2.09. The molecule has 2 aromatic carbocycles. The molecular weight excluding hydrogens is 293 g/mol. The maximum absolute atomic E-state index is 13.6. The van der Waals surface area contributed by atoms with Crippen molar-refractivity contribution in [1.29, 1.82) is 5.26 Å². The Morgan fingerprint density at radius 2 is 1.61 bits per heavy atom. The lowest BCUT2D eigenvalue weighted by Crippen LogP contribution is -1.99. The van der Waals surface area contributed by atoms with E-state index in [0.29, 0.717) is 22.9 Å². The Kier molecular flexibility index (Phi) is 4.11. The van der Waals surface area contributed by atoms with Gasteiger partial charge in [0.15, 0.2) is 0 Å². The van der Waals surface area contributed by atoms with E-state index in [9.17, 15) is 4.39 Å². The van der Waals surface area contributed by atoms with Crippen LogP contribution in [0.5, 0.6) is 0 Å². The van der Waals surface area contributed by atoms with Crippen LogP contribution < -0.4 is 10.6 Å². The fourth-order valence-electron chi connectivity index (χ4n) is 1.97. The van der Waals surface area contributed by atoms with Gasteiger partial charge in [0.25, 0.3) is 0 Å². The zero-order valence-electron chi connectivity index (χ0n) is 12.0. The number of rotatable bonds is 4. The van der Waals surface area contributed by atoms with E-state index in [-0.39, 0.29) is 5.82 Å². The number of nitrogens with one attached hydrogen (secondary N) is 2. The van der Waals surface area contributed by atoms with Crippen LogP contribution in [0, 0.1) is 17.1 Å². The first-order valence-corrected chi connectivity index (χ1v) is 6.85. The average Bonchev–Trinajstić information content (AvgIpc) is 2.58. The van der Waals surface area contributed by atoms with Crippen LogP contribution in [0.2, 0.25) is 0 Å². The molecule has 0 saturated carbocycles. The molecular formula is C17H12FN5. The number of hydrogen-bond acceptors (Lipinski definition) is 5. The minimum atomic E-state index is -0.354. The van der Waals surface area contributed by atoms with Crippen molar-refractivity contribution in [2.45, 2.75) is 0 Å². The molecule has 1 heterocycles. The summed E-state index contributed by atoms with van der Waals surface area (Å²) in [5.74, 6) is 0.678. The lowest BCUT2D eigenvalue weighted by atomic mass is 10.2. The third kappa shape index (κ3) is 3.60. The fraction of sp³-hybridized carbons (Fsp3) is 0. The van der Waals surface area contributed by atoms with Crippen molar-refractivity contribution < 1.29 is 4.39 Å². The molecule has 0 atom stereocenters. The van der Waals surface area contributed by atoms with E-state index < -0.39 is 0 Å². The summed E-state index contributed by atoms with van der Waals surface area (Å²) in [5.41, 5.74) is 1.72. The highest BCUT2D eigenvalue weighted by Gasteiger charge is 2.04. The van der Waals surface area contributed by atoms with Crippen molar-refractivity contribution in [1.82, 2.24) is 9.97 Å². The first-order chi connectivity index (χ1) is 11.2. The number of halogens is 1. The molecule has 0 fully saturated rings. The molecule has 23 heavy (non-hydrogen) atoms. The summed E-state index contributed by atoms with van der Waals surface area (Å²) in [5, 5.41) is 14.8. The molecule has 0 saturated heterocycles. The van der Waals surface area contributed by atoms with Gasteiger partial charge in [0.05, 0.1) is 17.3 Å². The molecule has 0 amide bonds. The number of anilines is 4. The Balaban J connectivity index is 1.77. The molecule has 1 aromatic heterocycles. The smallest absolute Gasteiger partial charge is 0.146 e. The molecule has 0 spiro atoms. The Bertz CT molecular complexity index is 855. The Labute approximate surface area is 132 Å². The lowest BCUT2D eigenvalue weighted by molar-refractivity contribution is 0.632. The van der Waals surface area contributed by atoms with Gasteiger partial charge in [0.1, 0.15) is 23.8 Å². The topological polar surface area (TPSA) is 73.6 Å². The summed E-state index contributed by atoms with van der Waals surface area (Å²) in [6.45, 7) is 0. The molecule has 0 bridgehead atoms. The van der Waals surface area contributed by atoms with Gasteiger partial charge >= 0.3 is 0 Å². The normalized spacial score (nSPS) is 9.91. The van der Waals surface area contributed by atoms with E-state index in [2.05, 4.69) is 26.7 Å². The van der Waals surface area contributed by atoms with Crippen molar-refractivity contribution in [3.8, 4) is 6.07 Å². The monoisotopic (exact) mass is 305 g/mol. The SMILES string of the molecule is N#Cc1ccc(Nc2cc(Nc3ccccc3F)ncn2)cc1. The second-order valence-electron chi connectivity index (χ2n) is 4.71. The largest absolute Gasteiger partial charge is 0.340 e. The molecule has 0 radical (unpaired) electrons. The number of nitriles is 1. The molecule has 2 N–H and O–H groups in total. The summed E-state index contributed by atoms with van der Waals surface area (Å²) in [4.78, 5) is 8.19. The highest BCUT2D eigenvalue weighted by atomic mass is 19.1. The van der Waals surface area contributed by atoms with E-state index in [1.165, 1.54) is 12.4 Å². The molecule has 5 nitrogen and oxygen atoms in total. The molecule has 3 rings (SSSR count). The van der Waals surface area contributed by atoms with Crippen LogP contribution in [0.3, 0.4) is 0 Å². The van der Waals surface area contributed by atoms with Crippen LogP contribution in [-0.4, -0.2) is 9.97 Å². The quantitative estimate of drug-likeness (QED) is 0.763. The summed E-state index contributed by atoms with van der Waals surface area (Å²) in [6, 6.07) is 17.1. The van der Waals surface area contributed by atoms with Crippen LogP contribution in [0.25, 0.3) is 0 Å². The second kappa shape index (κ2) is 6.54. The number of hydrogen-bond donors (Lipinski definition) is 2. The standard InChI is InChI=1S/C17H12FN5/c18-14-3-1-2-4-15(14)23-17-9-16(20-11-21-17)22-13-7-5-12(10-19)6-8-13/h1-9,11H,(H2,20,21,22,23). The van der Waals surface area contributed by atoms with E-state index >= 15 is 0 Å². The highest BCUT2D eigenvalue weighted by Crippen LogP contribution is 2.21. The van der Waals surface area contributed by atoms with Crippen molar-refractivity contribution in [2.75, 3.05) is 10.6 Å². The van der Waals surface area contributed by atoms with Crippen molar-refractivity contribution in [3.05, 3.63) is 72.3 Å². The van der Waals surface area contributed by atoms with Crippen molar-refractivity contribution in [2.24, 2.45) is 0 Å². The van der Waals surface area contributed by atoms with Gasteiger partial charge in [-0.3, -0.25) is 0 Å². The molecule has 0 unspecified atom stereocenters. The first kappa shape index (κ1) is 14.5. The van der Waals surface area contributed by atoms with Crippen LogP contribution in [0.15, 0.2) is 60.9 Å². The third-order valence-electron chi connectivity index (χ3n) is 3.09. The predicted molar refractivity (Wildman–Crippen MR) is 86.2 cm³/mol. The number of para-hydroxylation sites is 1. The number of nitrogens with zero attached hydrogens (tertiary/aromatic N) is 3. The van der Waals surface area contributed by atoms with Gasteiger partial charge in [-0.15, -0.1) is 0 Å². The second-order valence-corrected chi connectivity index (χ2v) is 4.71. The van der Waals surface area contributed by atoms with Crippen molar-refractivity contribution in [3.63, 3.8) is 0 Å². The molecule has 3 aromatic rings. The number of benzene rings is 2. The average molecular weight is 305 g/mol. The first-order valence-electron chi connectivity index (χ1n) is 6.85. The number of aromatic nitrogens is 2. The van der Waals surface area contributed by atoms with E-state index in [0.717, 1.165) is 5.69 Å². The summed E-state index contributed by atoms with van der Waals surface area (Å²) in [7, 11) is 0. The fourth-order valence-corrected chi connectivity index (χ4v) is 1.97. The molecule has 6 heteroatoms. The molecule has 0 aliphatic carbocycles. The van der Waals surface area contributed by atoms with Crippen molar-refractivity contribution >= 4 is 23.0 Å². The zero-order chi connectivity index (χ0) is 16.1. The van der Waals surface area contributed by atoms with E-state index in [4.69, 9.17) is 5.26 Å². The summed E-state index contributed by atoms with van der Waals surface area (Å²) in [6.07, 6.45) is 1.38. The Hall–Kier alpha value is -3.46. The van der Waals surface area contributed by atoms with E-state index in [1.54, 1.807) is 48.5 Å². The Morgan fingerprint density at radius 3 is 2.30 bits per heavy atom. The molecule has 0 aliphatic rings. The van der Waals surface area contributed by atoms with Gasteiger partial charge in [0, 0.05) is 11.8 Å². The highest BCUT2D eigenvalue weighted by molar-refractivity contribution is 5.63. The minimum absolute atomic E-state index is 0.343. The van der Waals surface area contributed by atoms with Gasteiger partial charge in [-0.1, -0.05) is 12.1 Å². The van der Waals surface area contributed by atoms with Gasteiger partial charge < -0.3 is 10.6 Å². The molecule has 0 aliphatic heterocycles. The van der Waals surface area contributed by atoms with Gasteiger partial charge in [0.2, 0.25) is 0 Å². The zero-order valence-corrected chi connectivity index (χ0v) is 12.0. The van der Waals surface area contributed by atoms with Crippen LogP contribution >= 0.6 is 0 Å². The summed E-state index contributed by atoms with van der Waals surface area (Å²) >= 11 is 0. The third-order valence-corrected chi connectivity index (χ3v) is 3.09. The maximum atomic E-state index is 13.6. The summed E-state index contributed by atoms with van der Waals surface area (Å²) < 4.78 is 13.6. The molecule has 112 valence electrons. The maximum Gasteiger partial charge on any atom is 0.146 e. The van der Waals surface area contributed by atoms with Crippen LogP contribution in [0.4, 0.5) is 27.4 Å². The predicted octanol–water partition coefficient (Wildman–Crippen LogP) is 3.97. The minimum Gasteiger partial charge on any atom is -0.340 e. The van der Waals surface area contributed by atoms with Gasteiger partial charge in [-0.2, -0.15) is 5.26 Å². The van der Waals surface area contributed by atoms with Gasteiger partial charge in [-0.25, -0.2) is 14.4 Å².